The van der Waals surface area contributed by atoms with E-state index in [1.807, 2.05) is 25.1 Å². The van der Waals surface area contributed by atoms with Crippen LogP contribution in [-0.2, 0) is 13.1 Å². The summed E-state index contributed by atoms with van der Waals surface area (Å²) in [5.41, 5.74) is 3.34. The van der Waals surface area contributed by atoms with E-state index in [2.05, 4.69) is 38.4 Å². The third-order valence-corrected chi connectivity index (χ3v) is 6.16. The Balaban J connectivity index is 1.67. The van der Waals surface area contributed by atoms with Crippen LogP contribution in [0, 0.1) is 12.7 Å². The lowest BCUT2D eigenvalue weighted by Crippen LogP contribution is -2.34. The Labute approximate surface area is 203 Å². The Kier molecular flexibility index (Phi) is 7.99. The van der Waals surface area contributed by atoms with Gasteiger partial charge >= 0.3 is 0 Å². The van der Waals surface area contributed by atoms with E-state index in [4.69, 9.17) is 0 Å². The molecule has 4 aromatic rings. The van der Waals surface area contributed by atoms with Crippen molar-refractivity contribution in [1.82, 2.24) is 30.1 Å². The first-order valence-corrected chi connectivity index (χ1v) is 12.0. The molecule has 0 saturated heterocycles. The molecule has 0 fully saturated rings. The van der Waals surface area contributed by atoms with Gasteiger partial charge in [-0.1, -0.05) is 37.1 Å². The van der Waals surface area contributed by atoms with E-state index >= 15 is 0 Å². The largest absolute Gasteiger partial charge is 0.396 e. The van der Waals surface area contributed by atoms with Crippen LogP contribution in [0.5, 0.6) is 0 Å². The van der Waals surface area contributed by atoms with Crippen molar-refractivity contribution in [2.24, 2.45) is 0 Å². The van der Waals surface area contributed by atoms with E-state index in [-0.39, 0.29) is 24.0 Å². The highest BCUT2D eigenvalue weighted by molar-refractivity contribution is 5.79. The number of halogens is 1. The molecule has 0 unspecified atom stereocenters. The summed E-state index contributed by atoms with van der Waals surface area (Å²) in [5, 5.41) is 23.0. The molecular formula is C26H31FN6O2. The first kappa shape index (κ1) is 24.7. The number of nitrogens with one attached hydrogen (secondary N) is 1. The van der Waals surface area contributed by atoms with Gasteiger partial charge in [-0.05, 0) is 71.5 Å². The van der Waals surface area contributed by atoms with E-state index in [1.165, 1.54) is 12.1 Å². The minimum absolute atomic E-state index is 0.0448. The van der Waals surface area contributed by atoms with Crippen LogP contribution in [0.1, 0.15) is 54.7 Å². The number of hydrogen-bond donors (Lipinski definition) is 2. The van der Waals surface area contributed by atoms with Crippen LogP contribution in [-0.4, -0.2) is 48.3 Å². The van der Waals surface area contributed by atoms with Gasteiger partial charge in [-0.25, -0.2) is 9.07 Å². The fourth-order valence-corrected chi connectivity index (χ4v) is 4.40. The van der Waals surface area contributed by atoms with Crippen LogP contribution in [0.2, 0.25) is 0 Å². The minimum Gasteiger partial charge on any atom is -0.396 e. The summed E-state index contributed by atoms with van der Waals surface area (Å²) in [4.78, 5) is 18.1. The summed E-state index contributed by atoms with van der Waals surface area (Å²) < 4.78 is 15.1. The molecule has 184 valence electrons. The molecule has 1 atom stereocenters. The zero-order chi connectivity index (χ0) is 24.8. The number of pyridine rings is 1. The molecule has 2 heterocycles. The molecule has 9 heteroatoms. The number of aliphatic hydroxyl groups excluding tert-OH is 1. The van der Waals surface area contributed by atoms with Crippen molar-refractivity contribution in [3.8, 4) is 0 Å². The molecule has 35 heavy (non-hydrogen) atoms. The third-order valence-electron chi connectivity index (χ3n) is 6.16. The summed E-state index contributed by atoms with van der Waals surface area (Å²) in [6.45, 7) is 5.55. The van der Waals surface area contributed by atoms with E-state index in [0.29, 0.717) is 37.4 Å². The van der Waals surface area contributed by atoms with Crippen LogP contribution in [0.3, 0.4) is 0 Å². The van der Waals surface area contributed by atoms with Crippen LogP contribution in [0.4, 0.5) is 4.39 Å². The highest BCUT2D eigenvalue weighted by Gasteiger charge is 2.26. The van der Waals surface area contributed by atoms with Crippen molar-refractivity contribution in [1.29, 1.82) is 0 Å². The van der Waals surface area contributed by atoms with Crippen molar-refractivity contribution in [2.45, 2.75) is 52.2 Å². The number of hydrogen-bond acceptors (Lipinski definition) is 6. The summed E-state index contributed by atoms with van der Waals surface area (Å²) in [5.74, 6) is 0.391. The average Bonchev–Trinajstić information content (AvgIpc) is 3.30. The maximum absolute atomic E-state index is 13.4. The van der Waals surface area contributed by atoms with Crippen molar-refractivity contribution in [2.75, 3.05) is 13.2 Å². The van der Waals surface area contributed by atoms with Crippen LogP contribution < -0.4 is 5.56 Å². The number of fused-ring (bicyclic) bond motifs is 1. The molecule has 0 radical (unpaired) electrons. The van der Waals surface area contributed by atoms with Gasteiger partial charge in [0.05, 0.1) is 12.6 Å². The Bertz CT molecular complexity index is 1320. The van der Waals surface area contributed by atoms with Gasteiger partial charge in [0.2, 0.25) is 0 Å². The maximum Gasteiger partial charge on any atom is 0.252 e. The van der Waals surface area contributed by atoms with Crippen molar-refractivity contribution < 1.29 is 9.50 Å². The van der Waals surface area contributed by atoms with Gasteiger partial charge in [0.25, 0.3) is 5.56 Å². The molecular weight excluding hydrogens is 447 g/mol. The number of benzene rings is 2. The van der Waals surface area contributed by atoms with Gasteiger partial charge in [-0.3, -0.25) is 9.69 Å². The van der Waals surface area contributed by atoms with Gasteiger partial charge < -0.3 is 10.1 Å². The number of H-pyrrole nitrogens is 1. The summed E-state index contributed by atoms with van der Waals surface area (Å²) in [7, 11) is 0. The Morgan fingerprint density at radius 3 is 2.71 bits per heavy atom. The molecule has 2 aromatic carbocycles. The van der Waals surface area contributed by atoms with Gasteiger partial charge in [-0.15, -0.1) is 5.10 Å². The van der Waals surface area contributed by atoms with Crippen LogP contribution in [0.15, 0.2) is 53.3 Å². The summed E-state index contributed by atoms with van der Waals surface area (Å²) in [6, 6.07) is 14.0. The van der Waals surface area contributed by atoms with Gasteiger partial charge in [0.1, 0.15) is 5.82 Å². The zero-order valence-electron chi connectivity index (χ0n) is 20.1. The molecule has 0 amide bonds. The highest BCUT2D eigenvalue weighted by Crippen LogP contribution is 2.26. The van der Waals surface area contributed by atoms with Crippen molar-refractivity contribution in [3.63, 3.8) is 0 Å². The third kappa shape index (κ3) is 5.98. The summed E-state index contributed by atoms with van der Waals surface area (Å²) >= 11 is 0. The van der Waals surface area contributed by atoms with Crippen molar-refractivity contribution in [3.05, 3.63) is 87.2 Å². The van der Waals surface area contributed by atoms with Crippen molar-refractivity contribution >= 4 is 10.9 Å². The summed E-state index contributed by atoms with van der Waals surface area (Å²) in [6.07, 6.45) is 2.22. The normalized spacial score (nSPS) is 12.5. The topological polar surface area (TPSA) is 99.9 Å². The lowest BCUT2D eigenvalue weighted by Gasteiger charge is -2.30. The Morgan fingerprint density at radius 1 is 1.17 bits per heavy atom. The molecule has 0 spiro atoms. The number of tetrazole rings is 1. The first-order valence-electron chi connectivity index (χ1n) is 12.0. The fraction of sp³-hybridized carbons (Fsp3) is 0.385. The number of aromatic nitrogens is 5. The number of aliphatic hydroxyl groups is 1. The SMILES string of the molecule is CCC[C@@H](c1nnnn1Cc1ccc(F)cc1)N(CCCO)Cc1cc2cc(C)ccc2[nH]c1=O. The van der Waals surface area contributed by atoms with E-state index < -0.39 is 0 Å². The number of rotatable bonds is 11. The molecule has 2 N–H and O–H groups in total. The lowest BCUT2D eigenvalue weighted by molar-refractivity contribution is 0.148. The Hall–Kier alpha value is -3.43. The van der Waals surface area contributed by atoms with E-state index in [1.54, 1.807) is 16.8 Å². The second-order valence-corrected chi connectivity index (χ2v) is 8.89. The predicted octanol–water partition coefficient (Wildman–Crippen LogP) is 3.74. The first-order chi connectivity index (χ1) is 17.0. The van der Waals surface area contributed by atoms with Crippen LogP contribution in [0.25, 0.3) is 10.9 Å². The molecule has 0 saturated carbocycles. The van der Waals surface area contributed by atoms with E-state index in [0.717, 1.165) is 34.9 Å². The van der Waals surface area contributed by atoms with Gasteiger partial charge in [0.15, 0.2) is 5.82 Å². The van der Waals surface area contributed by atoms with E-state index in [9.17, 15) is 14.3 Å². The van der Waals surface area contributed by atoms with Crippen LogP contribution >= 0.6 is 0 Å². The number of nitrogens with zero attached hydrogens (tertiary/aromatic N) is 5. The number of aryl methyl sites for hydroxylation is 1. The second kappa shape index (κ2) is 11.3. The predicted molar refractivity (Wildman–Crippen MR) is 132 cm³/mol. The molecule has 0 aliphatic heterocycles. The zero-order valence-corrected chi connectivity index (χ0v) is 20.1. The average molecular weight is 479 g/mol. The standard InChI is InChI=1S/C26H31FN6O2/c1-3-5-24(25-29-30-31-33(25)16-19-7-9-22(27)10-8-19)32(12-4-13-34)17-21-15-20-14-18(2)6-11-23(20)28-26(21)35/h6-11,14-15,24,34H,3-5,12-13,16-17H2,1-2H3,(H,28,35)/t24-/m0/s1. The Morgan fingerprint density at radius 2 is 1.97 bits per heavy atom. The second-order valence-electron chi connectivity index (χ2n) is 8.89. The molecule has 2 aromatic heterocycles. The van der Waals surface area contributed by atoms with Gasteiger partial charge in [-0.2, -0.15) is 0 Å². The molecule has 0 aliphatic carbocycles. The minimum atomic E-state index is -0.291. The lowest BCUT2D eigenvalue weighted by atomic mass is 10.1. The molecule has 0 aliphatic rings. The smallest absolute Gasteiger partial charge is 0.252 e. The molecule has 8 nitrogen and oxygen atoms in total. The molecule has 0 bridgehead atoms. The maximum atomic E-state index is 13.4. The quantitative estimate of drug-likeness (QED) is 0.341. The fourth-order valence-electron chi connectivity index (χ4n) is 4.40. The monoisotopic (exact) mass is 478 g/mol. The number of aromatic amines is 1. The molecule has 4 rings (SSSR count). The highest BCUT2D eigenvalue weighted by atomic mass is 19.1. The van der Waals surface area contributed by atoms with Gasteiger partial charge in [0, 0.05) is 30.8 Å².